The molecular weight excluding hydrogens is 470 g/mol. The number of amides is 2. The molecule has 0 atom stereocenters. The van der Waals surface area contributed by atoms with Crippen LogP contribution in [0.25, 0.3) is 0 Å². The predicted molar refractivity (Wildman–Crippen MR) is 132 cm³/mol. The largest absolute Gasteiger partial charge is 0.488 e. The number of primary amides is 1. The van der Waals surface area contributed by atoms with Crippen LogP contribution in [-0.4, -0.2) is 53.8 Å². The molecule has 9 nitrogen and oxygen atoms in total. The number of pyridine rings is 1. The molecule has 4 rings (SSSR count). The number of amidine groups is 1. The number of benzene rings is 2. The first-order chi connectivity index (χ1) is 16.9. The molecule has 0 saturated carbocycles. The van der Waals surface area contributed by atoms with E-state index in [9.17, 15) is 9.59 Å². The molecule has 1 aliphatic rings. The van der Waals surface area contributed by atoms with E-state index < -0.39 is 11.8 Å². The maximum absolute atomic E-state index is 12.9. The molecule has 0 spiro atoms. The molecule has 1 aliphatic heterocycles. The SMILES string of the molecule is N=C(c1ccc(C(N)=O)cc1COc1ccccc1C(=O)Nc1ccc(Cl)cn1)N1CCOCC1. The van der Waals surface area contributed by atoms with Crippen LogP contribution in [0.4, 0.5) is 5.82 Å². The highest BCUT2D eigenvalue weighted by molar-refractivity contribution is 6.30. The summed E-state index contributed by atoms with van der Waals surface area (Å²) in [7, 11) is 0. The van der Waals surface area contributed by atoms with E-state index in [0.717, 1.165) is 0 Å². The number of carbonyl (C=O) groups is 2. The number of rotatable bonds is 7. The number of nitrogens with zero attached hydrogens (tertiary/aromatic N) is 2. The van der Waals surface area contributed by atoms with E-state index in [0.29, 0.717) is 71.0 Å². The first-order valence-electron chi connectivity index (χ1n) is 10.9. The average molecular weight is 494 g/mol. The number of aromatic nitrogens is 1. The van der Waals surface area contributed by atoms with Gasteiger partial charge in [0.1, 0.15) is 24.0 Å². The Balaban J connectivity index is 1.56. The highest BCUT2D eigenvalue weighted by atomic mass is 35.5. The van der Waals surface area contributed by atoms with Crippen LogP contribution < -0.4 is 15.8 Å². The molecule has 4 N–H and O–H groups in total. The Bertz CT molecular complexity index is 1240. The Morgan fingerprint density at radius 3 is 2.60 bits per heavy atom. The van der Waals surface area contributed by atoms with Crippen molar-refractivity contribution in [3.8, 4) is 5.75 Å². The smallest absolute Gasteiger partial charge is 0.260 e. The Morgan fingerprint density at radius 2 is 1.89 bits per heavy atom. The van der Waals surface area contributed by atoms with Crippen molar-refractivity contribution in [2.75, 3.05) is 31.6 Å². The molecule has 35 heavy (non-hydrogen) atoms. The number of hydrogen-bond donors (Lipinski definition) is 3. The number of hydrogen-bond acceptors (Lipinski definition) is 6. The lowest BCUT2D eigenvalue weighted by atomic mass is 10.0. The zero-order chi connectivity index (χ0) is 24.8. The van der Waals surface area contributed by atoms with Gasteiger partial charge in [-0.15, -0.1) is 0 Å². The van der Waals surface area contributed by atoms with E-state index in [-0.39, 0.29) is 6.61 Å². The zero-order valence-corrected chi connectivity index (χ0v) is 19.5. The maximum Gasteiger partial charge on any atom is 0.260 e. The van der Waals surface area contributed by atoms with Gasteiger partial charge in [0.25, 0.3) is 5.91 Å². The van der Waals surface area contributed by atoms with E-state index in [1.54, 1.807) is 54.6 Å². The van der Waals surface area contributed by atoms with E-state index in [1.807, 2.05) is 4.90 Å². The van der Waals surface area contributed by atoms with Gasteiger partial charge in [0, 0.05) is 36.0 Å². The number of carbonyl (C=O) groups excluding carboxylic acids is 2. The lowest BCUT2D eigenvalue weighted by Gasteiger charge is -2.30. The molecule has 0 bridgehead atoms. The van der Waals surface area contributed by atoms with Crippen molar-refractivity contribution in [2.45, 2.75) is 6.61 Å². The second-order valence-electron chi connectivity index (χ2n) is 7.78. The van der Waals surface area contributed by atoms with Gasteiger partial charge in [-0.3, -0.25) is 15.0 Å². The quantitative estimate of drug-likeness (QED) is 0.342. The zero-order valence-electron chi connectivity index (χ0n) is 18.8. The third-order valence-electron chi connectivity index (χ3n) is 5.46. The van der Waals surface area contributed by atoms with Crippen molar-refractivity contribution in [1.29, 1.82) is 5.41 Å². The van der Waals surface area contributed by atoms with Crippen molar-refractivity contribution in [3.63, 3.8) is 0 Å². The van der Waals surface area contributed by atoms with Crippen molar-refractivity contribution in [2.24, 2.45) is 5.73 Å². The maximum atomic E-state index is 12.9. The van der Waals surface area contributed by atoms with Gasteiger partial charge in [-0.2, -0.15) is 0 Å². The number of halogens is 1. The number of morpholine rings is 1. The van der Waals surface area contributed by atoms with Gasteiger partial charge in [0.2, 0.25) is 5.91 Å². The minimum Gasteiger partial charge on any atom is -0.488 e. The van der Waals surface area contributed by atoms with Crippen LogP contribution in [0.15, 0.2) is 60.8 Å². The third-order valence-corrected chi connectivity index (χ3v) is 5.68. The Labute approximate surface area is 207 Å². The van der Waals surface area contributed by atoms with Crippen LogP contribution in [-0.2, 0) is 11.3 Å². The van der Waals surface area contributed by atoms with Crippen molar-refractivity contribution in [1.82, 2.24) is 9.88 Å². The van der Waals surface area contributed by atoms with Gasteiger partial charge in [-0.05, 0) is 36.4 Å². The van der Waals surface area contributed by atoms with Crippen LogP contribution in [0.5, 0.6) is 5.75 Å². The second-order valence-corrected chi connectivity index (χ2v) is 8.22. The lowest BCUT2D eigenvalue weighted by Crippen LogP contribution is -2.41. The Hall–Kier alpha value is -3.95. The molecule has 1 saturated heterocycles. The van der Waals surface area contributed by atoms with Gasteiger partial charge in [0.15, 0.2) is 0 Å². The normalized spacial score (nSPS) is 13.2. The lowest BCUT2D eigenvalue weighted by molar-refractivity contribution is 0.0679. The summed E-state index contributed by atoms with van der Waals surface area (Å²) in [4.78, 5) is 30.7. The fraction of sp³-hybridized carbons (Fsp3) is 0.200. The van der Waals surface area contributed by atoms with Crippen molar-refractivity contribution < 1.29 is 19.1 Å². The number of ether oxygens (including phenoxy) is 2. The second kappa shape index (κ2) is 11.0. The minimum absolute atomic E-state index is 0.0205. The summed E-state index contributed by atoms with van der Waals surface area (Å²) in [5, 5.41) is 11.9. The molecule has 0 radical (unpaired) electrons. The summed E-state index contributed by atoms with van der Waals surface area (Å²) in [6, 6.07) is 14.9. The standard InChI is InChI=1S/C25H24ClN5O4/c26-18-6-8-22(29-14-18)30-25(33)20-3-1-2-4-21(20)35-15-17-13-16(24(28)32)5-7-19(17)23(27)31-9-11-34-12-10-31/h1-8,13-14,27H,9-12,15H2,(H2,28,32)(H,29,30,33). The van der Waals surface area contributed by atoms with Crippen LogP contribution in [0.1, 0.15) is 31.8 Å². The summed E-state index contributed by atoms with van der Waals surface area (Å²) < 4.78 is 11.4. The van der Waals surface area contributed by atoms with Gasteiger partial charge < -0.3 is 25.4 Å². The summed E-state index contributed by atoms with van der Waals surface area (Å²) >= 11 is 5.86. The van der Waals surface area contributed by atoms with Gasteiger partial charge >= 0.3 is 0 Å². The first kappa shape index (κ1) is 24.2. The summed E-state index contributed by atoms with van der Waals surface area (Å²) in [5.74, 6) is 0.0215. The van der Waals surface area contributed by atoms with E-state index in [4.69, 9.17) is 32.2 Å². The topological polar surface area (TPSA) is 131 Å². The van der Waals surface area contributed by atoms with Crippen LogP contribution in [0.2, 0.25) is 5.02 Å². The monoisotopic (exact) mass is 493 g/mol. The number of anilines is 1. The molecule has 180 valence electrons. The van der Waals surface area contributed by atoms with Crippen molar-refractivity contribution in [3.05, 3.63) is 88.1 Å². The Morgan fingerprint density at radius 1 is 1.11 bits per heavy atom. The highest BCUT2D eigenvalue weighted by Gasteiger charge is 2.20. The summed E-state index contributed by atoms with van der Waals surface area (Å²) in [6.45, 7) is 2.29. The van der Waals surface area contributed by atoms with Gasteiger partial charge in [-0.1, -0.05) is 29.8 Å². The molecule has 2 aromatic carbocycles. The van der Waals surface area contributed by atoms with Crippen molar-refractivity contribution >= 4 is 35.1 Å². The molecule has 2 amide bonds. The minimum atomic E-state index is -0.578. The van der Waals surface area contributed by atoms with E-state index >= 15 is 0 Å². The van der Waals surface area contributed by atoms with Crippen LogP contribution >= 0.6 is 11.6 Å². The predicted octanol–water partition coefficient (Wildman–Crippen LogP) is 3.32. The molecule has 3 aromatic rings. The molecule has 2 heterocycles. The molecule has 1 aromatic heterocycles. The molecular formula is C25H24ClN5O4. The Kier molecular flexibility index (Phi) is 7.59. The van der Waals surface area contributed by atoms with Crippen LogP contribution in [0.3, 0.4) is 0 Å². The highest BCUT2D eigenvalue weighted by Crippen LogP contribution is 2.23. The summed E-state index contributed by atoms with van der Waals surface area (Å²) in [5.41, 5.74) is 7.31. The molecule has 1 fully saturated rings. The van der Waals surface area contributed by atoms with E-state index in [1.165, 1.54) is 6.20 Å². The number of nitrogens with one attached hydrogen (secondary N) is 2. The van der Waals surface area contributed by atoms with Gasteiger partial charge in [0.05, 0.1) is 23.8 Å². The number of para-hydroxylation sites is 1. The van der Waals surface area contributed by atoms with E-state index in [2.05, 4.69) is 10.3 Å². The van der Waals surface area contributed by atoms with Crippen LogP contribution in [0, 0.1) is 5.41 Å². The molecule has 10 heteroatoms. The molecule has 0 unspecified atom stereocenters. The average Bonchev–Trinajstić information content (AvgIpc) is 2.89. The summed E-state index contributed by atoms with van der Waals surface area (Å²) in [6.07, 6.45) is 1.44. The number of nitrogens with two attached hydrogens (primary N) is 1. The fourth-order valence-electron chi connectivity index (χ4n) is 3.62. The third kappa shape index (κ3) is 5.95. The first-order valence-corrected chi connectivity index (χ1v) is 11.3. The van der Waals surface area contributed by atoms with Gasteiger partial charge in [-0.25, -0.2) is 4.98 Å². The molecule has 0 aliphatic carbocycles. The fourth-order valence-corrected chi connectivity index (χ4v) is 3.74.